The summed E-state index contributed by atoms with van der Waals surface area (Å²) in [4.78, 5) is 16.3. The van der Waals surface area contributed by atoms with Crippen LogP contribution in [0.5, 0.6) is 0 Å². The third-order valence-electron chi connectivity index (χ3n) is 2.78. The van der Waals surface area contributed by atoms with Crippen LogP contribution in [0.25, 0.3) is 0 Å². The molecule has 2 rings (SSSR count). The number of rotatable bonds is 3. The first-order valence-corrected chi connectivity index (χ1v) is 6.69. The van der Waals surface area contributed by atoms with Crippen LogP contribution in [0.2, 0.25) is 0 Å². The minimum absolute atomic E-state index is 0.1000. The molecular formula is C17H17N3O. The zero-order valence-corrected chi connectivity index (χ0v) is 11.9. The number of pyridine rings is 1. The maximum atomic E-state index is 12.0. The van der Waals surface area contributed by atoms with Crippen LogP contribution in [0.4, 0.5) is 5.82 Å². The van der Waals surface area contributed by atoms with Gasteiger partial charge in [-0.15, -0.1) is 0 Å². The van der Waals surface area contributed by atoms with Gasteiger partial charge in [0.25, 0.3) is 0 Å². The molecule has 0 aliphatic rings. The van der Waals surface area contributed by atoms with Crippen molar-refractivity contribution in [2.45, 2.75) is 13.3 Å². The number of carbonyl (C=O) groups excluding carboxylic acids is 1. The van der Waals surface area contributed by atoms with E-state index in [1.807, 2.05) is 31.2 Å². The van der Waals surface area contributed by atoms with Gasteiger partial charge in [-0.05, 0) is 30.5 Å². The average molecular weight is 279 g/mol. The van der Waals surface area contributed by atoms with Crippen molar-refractivity contribution < 1.29 is 4.79 Å². The molecule has 2 aromatic rings. The molecule has 0 saturated heterocycles. The minimum Gasteiger partial charge on any atom is -0.320 e. The molecule has 3 N–H and O–H groups in total. The number of anilines is 1. The maximum Gasteiger partial charge on any atom is 0.229 e. The van der Waals surface area contributed by atoms with Crippen LogP contribution >= 0.6 is 0 Å². The number of hydrogen-bond acceptors (Lipinski definition) is 3. The molecule has 0 atom stereocenters. The third-order valence-corrected chi connectivity index (χ3v) is 2.78. The Morgan fingerprint density at radius 1 is 1.29 bits per heavy atom. The van der Waals surface area contributed by atoms with E-state index >= 15 is 0 Å². The number of aromatic nitrogens is 1. The lowest BCUT2D eigenvalue weighted by Crippen LogP contribution is -2.15. The standard InChI is InChI=1S/C17H17N3O/c1-13-5-2-6-14(11-13)12-17(21)20-16-9-3-7-15(19-16)8-4-10-18/h2-3,5-7,9,11H,10,12,18H2,1H3,(H,19,20,21). The summed E-state index contributed by atoms with van der Waals surface area (Å²) in [5.74, 6) is 5.97. The molecule has 106 valence electrons. The largest absolute Gasteiger partial charge is 0.320 e. The van der Waals surface area contributed by atoms with Gasteiger partial charge in [0.1, 0.15) is 11.5 Å². The van der Waals surface area contributed by atoms with Crippen LogP contribution in [0.15, 0.2) is 42.5 Å². The summed E-state index contributed by atoms with van der Waals surface area (Å²) in [6.07, 6.45) is 0.321. The summed E-state index contributed by atoms with van der Waals surface area (Å²) in [6, 6.07) is 13.2. The van der Waals surface area contributed by atoms with Crippen molar-refractivity contribution in [3.63, 3.8) is 0 Å². The van der Waals surface area contributed by atoms with Gasteiger partial charge < -0.3 is 11.1 Å². The monoisotopic (exact) mass is 279 g/mol. The lowest BCUT2D eigenvalue weighted by atomic mass is 10.1. The van der Waals surface area contributed by atoms with Crippen molar-refractivity contribution in [2.24, 2.45) is 5.73 Å². The Labute approximate surface area is 124 Å². The van der Waals surface area contributed by atoms with E-state index in [1.165, 1.54) is 0 Å². The molecule has 4 heteroatoms. The molecule has 0 saturated carbocycles. The quantitative estimate of drug-likeness (QED) is 0.843. The summed E-state index contributed by atoms with van der Waals surface area (Å²) in [5, 5.41) is 2.78. The van der Waals surface area contributed by atoms with Gasteiger partial charge in [0, 0.05) is 0 Å². The Kier molecular flexibility index (Phi) is 5.08. The van der Waals surface area contributed by atoms with E-state index in [-0.39, 0.29) is 12.5 Å². The second-order valence-electron chi connectivity index (χ2n) is 4.63. The van der Waals surface area contributed by atoms with Crippen molar-refractivity contribution in [1.29, 1.82) is 0 Å². The maximum absolute atomic E-state index is 12.0. The number of nitrogens with two attached hydrogens (primary N) is 1. The van der Waals surface area contributed by atoms with Crippen LogP contribution in [0.1, 0.15) is 16.8 Å². The van der Waals surface area contributed by atoms with Gasteiger partial charge in [0.15, 0.2) is 0 Å². The van der Waals surface area contributed by atoms with Crippen molar-refractivity contribution in [2.75, 3.05) is 11.9 Å². The number of nitrogens with one attached hydrogen (secondary N) is 1. The highest BCUT2D eigenvalue weighted by Crippen LogP contribution is 2.08. The first-order valence-electron chi connectivity index (χ1n) is 6.69. The predicted octanol–water partition coefficient (Wildman–Crippen LogP) is 1.88. The molecule has 0 unspecified atom stereocenters. The van der Waals surface area contributed by atoms with E-state index in [4.69, 9.17) is 5.73 Å². The summed E-state index contributed by atoms with van der Waals surface area (Å²) in [5.41, 5.74) is 8.03. The van der Waals surface area contributed by atoms with E-state index in [2.05, 4.69) is 22.1 Å². The van der Waals surface area contributed by atoms with Crippen LogP contribution in [0.3, 0.4) is 0 Å². The number of benzene rings is 1. The van der Waals surface area contributed by atoms with Crippen LogP contribution < -0.4 is 11.1 Å². The molecule has 0 fully saturated rings. The molecule has 1 amide bonds. The number of carbonyl (C=O) groups is 1. The van der Waals surface area contributed by atoms with Gasteiger partial charge in [0.2, 0.25) is 5.91 Å². The first-order chi connectivity index (χ1) is 10.2. The van der Waals surface area contributed by atoms with Crippen molar-refractivity contribution in [1.82, 2.24) is 4.98 Å². The van der Waals surface area contributed by atoms with Crippen molar-refractivity contribution in [3.8, 4) is 11.8 Å². The average Bonchev–Trinajstić information content (AvgIpc) is 2.45. The fourth-order valence-corrected chi connectivity index (χ4v) is 1.91. The molecule has 0 bridgehead atoms. The zero-order valence-electron chi connectivity index (χ0n) is 11.9. The molecule has 0 aliphatic carbocycles. The highest BCUT2D eigenvalue weighted by Gasteiger charge is 2.05. The van der Waals surface area contributed by atoms with Crippen LogP contribution in [-0.2, 0) is 11.2 Å². The molecule has 0 radical (unpaired) electrons. The topological polar surface area (TPSA) is 68.0 Å². The van der Waals surface area contributed by atoms with E-state index in [0.29, 0.717) is 17.9 Å². The normalized spacial score (nSPS) is 9.62. The summed E-state index contributed by atoms with van der Waals surface area (Å²) >= 11 is 0. The number of hydrogen-bond donors (Lipinski definition) is 2. The summed E-state index contributed by atoms with van der Waals surface area (Å²) in [7, 11) is 0. The molecule has 1 aromatic heterocycles. The molecule has 0 spiro atoms. The highest BCUT2D eigenvalue weighted by atomic mass is 16.1. The Bertz CT molecular complexity index is 698. The number of aryl methyl sites for hydroxylation is 1. The fraction of sp³-hybridized carbons (Fsp3) is 0.176. The smallest absolute Gasteiger partial charge is 0.229 e. The van der Waals surface area contributed by atoms with Gasteiger partial charge in [-0.1, -0.05) is 41.8 Å². The van der Waals surface area contributed by atoms with E-state index < -0.39 is 0 Å². The van der Waals surface area contributed by atoms with Gasteiger partial charge >= 0.3 is 0 Å². The Balaban J connectivity index is 2.02. The van der Waals surface area contributed by atoms with Crippen molar-refractivity contribution >= 4 is 11.7 Å². The molecule has 1 heterocycles. The lowest BCUT2D eigenvalue weighted by Gasteiger charge is -2.05. The van der Waals surface area contributed by atoms with Crippen molar-refractivity contribution in [3.05, 3.63) is 59.3 Å². The minimum atomic E-state index is -0.1000. The SMILES string of the molecule is Cc1cccc(CC(=O)Nc2cccc(C#CCN)n2)c1. The van der Waals surface area contributed by atoms with Gasteiger partial charge in [-0.25, -0.2) is 4.98 Å². The Morgan fingerprint density at radius 3 is 2.86 bits per heavy atom. The molecule has 1 aromatic carbocycles. The molecule has 0 aliphatic heterocycles. The number of amides is 1. The van der Waals surface area contributed by atoms with Crippen LogP contribution in [-0.4, -0.2) is 17.4 Å². The van der Waals surface area contributed by atoms with Crippen LogP contribution in [0, 0.1) is 18.8 Å². The van der Waals surface area contributed by atoms with E-state index in [1.54, 1.807) is 18.2 Å². The molecule has 4 nitrogen and oxygen atoms in total. The Morgan fingerprint density at radius 2 is 2.10 bits per heavy atom. The predicted molar refractivity (Wildman–Crippen MR) is 83.7 cm³/mol. The molecular weight excluding hydrogens is 262 g/mol. The highest BCUT2D eigenvalue weighted by molar-refractivity contribution is 5.91. The Hall–Kier alpha value is -2.64. The second kappa shape index (κ2) is 7.22. The van der Waals surface area contributed by atoms with E-state index in [9.17, 15) is 4.79 Å². The fourth-order valence-electron chi connectivity index (χ4n) is 1.91. The second-order valence-corrected chi connectivity index (χ2v) is 4.63. The third kappa shape index (κ3) is 4.75. The summed E-state index contributed by atoms with van der Waals surface area (Å²) in [6.45, 7) is 2.29. The van der Waals surface area contributed by atoms with Gasteiger partial charge in [-0.3, -0.25) is 4.79 Å². The molecule has 21 heavy (non-hydrogen) atoms. The lowest BCUT2D eigenvalue weighted by molar-refractivity contribution is -0.115. The van der Waals surface area contributed by atoms with Gasteiger partial charge in [0.05, 0.1) is 13.0 Å². The van der Waals surface area contributed by atoms with E-state index in [0.717, 1.165) is 11.1 Å². The van der Waals surface area contributed by atoms with Gasteiger partial charge in [-0.2, -0.15) is 0 Å². The summed E-state index contributed by atoms with van der Waals surface area (Å²) < 4.78 is 0. The number of nitrogens with zero attached hydrogens (tertiary/aromatic N) is 1. The first kappa shape index (κ1) is 14.8. The zero-order chi connectivity index (χ0) is 15.1.